The SMILES string of the molecule is COc1ccc(NC(=O)c2ccccc2)cc1N1CCCN(Cc2ccc(C(C)C)cc2)C1=O. The Kier molecular flexibility index (Phi) is 7.16. The zero-order valence-corrected chi connectivity index (χ0v) is 20.0. The van der Waals surface area contributed by atoms with Gasteiger partial charge in [-0.05, 0) is 53.8 Å². The molecule has 1 saturated heterocycles. The molecule has 0 bridgehead atoms. The summed E-state index contributed by atoms with van der Waals surface area (Å²) >= 11 is 0. The van der Waals surface area contributed by atoms with Crippen molar-refractivity contribution in [3.8, 4) is 5.75 Å². The maximum absolute atomic E-state index is 13.4. The molecule has 6 heteroatoms. The van der Waals surface area contributed by atoms with Crippen molar-refractivity contribution in [3.63, 3.8) is 0 Å². The second-order valence-corrected chi connectivity index (χ2v) is 8.81. The number of hydrogen-bond donors (Lipinski definition) is 1. The average Bonchev–Trinajstić information content (AvgIpc) is 2.86. The predicted octanol–water partition coefficient (Wildman–Crippen LogP) is 5.90. The van der Waals surface area contributed by atoms with Gasteiger partial charge >= 0.3 is 6.03 Å². The Morgan fingerprint density at radius 2 is 1.74 bits per heavy atom. The quantitative estimate of drug-likeness (QED) is 0.480. The van der Waals surface area contributed by atoms with E-state index in [1.807, 2.05) is 23.1 Å². The third-order valence-corrected chi connectivity index (χ3v) is 6.09. The molecule has 1 aliphatic heterocycles. The van der Waals surface area contributed by atoms with Crippen LogP contribution in [0, 0.1) is 0 Å². The van der Waals surface area contributed by atoms with E-state index in [-0.39, 0.29) is 11.9 Å². The number of urea groups is 1. The molecule has 3 aromatic rings. The first-order valence-electron chi connectivity index (χ1n) is 11.7. The molecule has 1 fully saturated rings. The van der Waals surface area contributed by atoms with Gasteiger partial charge in [0.1, 0.15) is 5.75 Å². The number of anilines is 2. The van der Waals surface area contributed by atoms with E-state index < -0.39 is 0 Å². The van der Waals surface area contributed by atoms with Crippen LogP contribution in [0.5, 0.6) is 5.75 Å². The van der Waals surface area contributed by atoms with Gasteiger partial charge in [0.05, 0.1) is 12.8 Å². The summed E-state index contributed by atoms with van der Waals surface area (Å²) in [6, 6.07) is 22.8. The molecule has 176 valence electrons. The summed E-state index contributed by atoms with van der Waals surface area (Å²) in [5, 5.41) is 2.92. The Hall–Kier alpha value is -3.80. The van der Waals surface area contributed by atoms with Crippen molar-refractivity contribution in [2.24, 2.45) is 0 Å². The molecule has 0 aliphatic carbocycles. The summed E-state index contributed by atoms with van der Waals surface area (Å²) in [7, 11) is 1.59. The molecule has 1 heterocycles. The van der Waals surface area contributed by atoms with Crippen LogP contribution in [0.2, 0.25) is 0 Å². The summed E-state index contributed by atoms with van der Waals surface area (Å²) in [4.78, 5) is 29.7. The van der Waals surface area contributed by atoms with Crippen molar-refractivity contribution >= 4 is 23.3 Å². The molecule has 3 amide bonds. The minimum Gasteiger partial charge on any atom is -0.495 e. The molecule has 1 N–H and O–H groups in total. The summed E-state index contributed by atoms with van der Waals surface area (Å²) in [5.74, 6) is 0.866. The van der Waals surface area contributed by atoms with Gasteiger partial charge in [-0.3, -0.25) is 9.69 Å². The molecule has 0 radical (unpaired) electrons. The van der Waals surface area contributed by atoms with Gasteiger partial charge in [-0.1, -0.05) is 56.3 Å². The summed E-state index contributed by atoms with van der Waals surface area (Å²) in [6.45, 7) is 6.19. The fourth-order valence-corrected chi connectivity index (χ4v) is 4.15. The van der Waals surface area contributed by atoms with E-state index in [2.05, 4.69) is 43.4 Å². The van der Waals surface area contributed by atoms with Gasteiger partial charge in [0, 0.05) is 30.9 Å². The Morgan fingerprint density at radius 3 is 2.41 bits per heavy atom. The fourth-order valence-electron chi connectivity index (χ4n) is 4.15. The number of hydrogen-bond acceptors (Lipinski definition) is 3. The number of carbonyl (C=O) groups is 2. The summed E-state index contributed by atoms with van der Waals surface area (Å²) in [6.07, 6.45) is 0.847. The average molecular weight is 458 g/mol. The minimum atomic E-state index is -0.201. The molecule has 0 spiro atoms. The van der Waals surface area contributed by atoms with E-state index in [0.29, 0.717) is 48.2 Å². The van der Waals surface area contributed by atoms with Gasteiger partial charge < -0.3 is 15.0 Å². The molecule has 4 rings (SSSR count). The van der Waals surface area contributed by atoms with Crippen LogP contribution in [-0.4, -0.2) is 37.0 Å². The van der Waals surface area contributed by atoms with E-state index in [1.165, 1.54) is 5.56 Å². The highest BCUT2D eigenvalue weighted by molar-refractivity contribution is 6.05. The van der Waals surface area contributed by atoms with Crippen molar-refractivity contribution in [2.45, 2.75) is 32.7 Å². The molecule has 6 nitrogen and oxygen atoms in total. The number of methoxy groups -OCH3 is 1. The predicted molar refractivity (Wildman–Crippen MR) is 136 cm³/mol. The maximum atomic E-state index is 13.4. The van der Waals surface area contributed by atoms with Gasteiger partial charge in [-0.2, -0.15) is 0 Å². The maximum Gasteiger partial charge on any atom is 0.324 e. The Morgan fingerprint density at radius 1 is 1.00 bits per heavy atom. The van der Waals surface area contributed by atoms with Crippen LogP contribution < -0.4 is 15.0 Å². The van der Waals surface area contributed by atoms with E-state index in [4.69, 9.17) is 4.74 Å². The normalized spacial score (nSPS) is 13.8. The third-order valence-electron chi connectivity index (χ3n) is 6.09. The lowest BCUT2D eigenvalue weighted by Gasteiger charge is -2.36. The second-order valence-electron chi connectivity index (χ2n) is 8.81. The van der Waals surface area contributed by atoms with E-state index in [9.17, 15) is 9.59 Å². The van der Waals surface area contributed by atoms with Crippen LogP contribution in [-0.2, 0) is 6.54 Å². The van der Waals surface area contributed by atoms with Gasteiger partial charge in [-0.25, -0.2) is 4.79 Å². The molecule has 0 saturated carbocycles. The highest BCUT2D eigenvalue weighted by Gasteiger charge is 2.29. The number of nitrogens with zero attached hydrogens (tertiary/aromatic N) is 2. The van der Waals surface area contributed by atoms with Crippen LogP contribution in [0.3, 0.4) is 0 Å². The Bertz CT molecular complexity index is 1140. The lowest BCUT2D eigenvalue weighted by molar-refractivity contribution is 0.102. The monoisotopic (exact) mass is 457 g/mol. The number of nitrogens with one attached hydrogen (secondary N) is 1. The molecule has 0 aromatic heterocycles. The van der Waals surface area contributed by atoms with Crippen molar-refractivity contribution in [1.29, 1.82) is 0 Å². The molecule has 1 aliphatic rings. The Balaban J connectivity index is 1.53. The number of benzene rings is 3. The summed E-state index contributed by atoms with van der Waals surface area (Å²) in [5.41, 5.74) is 4.23. The number of ether oxygens (including phenoxy) is 1. The first-order valence-corrected chi connectivity index (χ1v) is 11.7. The van der Waals surface area contributed by atoms with E-state index in [1.54, 1.807) is 42.3 Å². The van der Waals surface area contributed by atoms with Crippen molar-refractivity contribution < 1.29 is 14.3 Å². The van der Waals surface area contributed by atoms with Crippen LogP contribution in [0.4, 0.5) is 16.2 Å². The van der Waals surface area contributed by atoms with Crippen LogP contribution in [0.1, 0.15) is 47.7 Å². The van der Waals surface area contributed by atoms with Gasteiger partial charge in [0.15, 0.2) is 0 Å². The first-order chi connectivity index (χ1) is 16.5. The van der Waals surface area contributed by atoms with Crippen molar-refractivity contribution in [3.05, 3.63) is 89.5 Å². The first kappa shape index (κ1) is 23.4. The standard InChI is InChI=1S/C28H31N3O3/c1-20(2)22-12-10-21(11-13-22)19-30-16-7-17-31(28(30)33)25-18-24(14-15-26(25)34-3)29-27(32)23-8-5-4-6-9-23/h4-6,8-15,18,20H,7,16-17,19H2,1-3H3,(H,29,32). The number of amides is 3. The molecular weight excluding hydrogens is 426 g/mol. The van der Waals surface area contributed by atoms with Crippen LogP contribution >= 0.6 is 0 Å². The minimum absolute atomic E-state index is 0.0657. The van der Waals surface area contributed by atoms with Crippen molar-refractivity contribution in [1.82, 2.24) is 4.90 Å². The third kappa shape index (κ3) is 5.22. The molecule has 0 atom stereocenters. The van der Waals surface area contributed by atoms with Gasteiger partial charge in [0.25, 0.3) is 5.91 Å². The van der Waals surface area contributed by atoms with E-state index >= 15 is 0 Å². The highest BCUT2D eigenvalue weighted by Crippen LogP contribution is 2.34. The number of carbonyl (C=O) groups excluding carboxylic acids is 2. The highest BCUT2D eigenvalue weighted by atomic mass is 16.5. The smallest absolute Gasteiger partial charge is 0.324 e. The fraction of sp³-hybridized carbons (Fsp3) is 0.286. The molecule has 0 unspecified atom stereocenters. The number of rotatable bonds is 7. The van der Waals surface area contributed by atoms with Gasteiger partial charge in [0.2, 0.25) is 0 Å². The topological polar surface area (TPSA) is 61.9 Å². The van der Waals surface area contributed by atoms with Crippen LogP contribution in [0.15, 0.2) is 72.8 Å². The zero-order valence-electron chi connectivity index (χ0n) is 20.0. The second kappa shape index (κ2) is 10.4. The Labute approximate surface area is 201 Å². The lowest BCUT2D eigenvalue weighted by Crippen LogP contribution is -2.49. The molecule has 3 aromatic carbocycles. The van der Waals surface area contributed by atoms with Crippen LogP contribution in [0.25, 0.3) is 0 Å². The molecule has 34 heavy (non-hydrogen) atoms. The van der Waals surface area contributed by atoms with Crippen molar-refractivity contribution in [2.75, 3.05) is 30.4 Å². The molecular formula is C28H31N3O3. The summed E-state index contributed by atoms with van der Waals surface area (Å²) < 4.78 is 5.56. The van der Waals surface area contributed by atoms with E-state index in [0.717, 1.165) is 12.0 Å². The zero-order chi connectivity index (χ0) is 24.1. The largest absolute Gasteiger partial charge is 0.495 e. The lowest BCUT2D eigenvalue weighted by atomic mass is 10.0. The van der Waals surface area contributed by atoms with Gasteiger partial charge in [-0.15, -0.1) is 0 Å².